The first-order chi connectivity index (χ1) is 31.6. The van der Waals surface area contributed by atoms with Crippen molar-refractivity contribution in [2.24, 2.45) is 10.8 Å². The van der Waals surface area contributed by atoms with Gasteiger partial charge in [-0.3, -0.25) is 0 Å². The van der Waals surface area contributed by atoms with Gasteiger partial charge in [-0.1, -0.05) is 179 Å². The monoisotopic (exact) mass is 931 g/mol. The van der Waals surface area contributed by atoms with Gasteiger partial charge >= 0.3 is 0 Å². The third-order valence-electron chi connectivity index (χ3n) is 14.0. The first-order valence-electron chi connectivity index (χ1n) is 25.5. The molecule has 0 saturated carbocycles. The molecule has 0 radical (unpaired) electrons. The number of hydrogen-bond acceptors (Lipinski definition) is 4. The van der Waals surface area contributed by atoms with Crippen molar-refractivity contribution < 1.29 is 19.7 Å². The number of allylic oxidation sites excluding steroid dienone is 4. The van der Waals surface area contributed by atoms with Crippen molar-refractivity contribution in [3.05, 3.63) is 141 Å². The van der Waals surface area contributed by atoms with Crippen LogP contribution >= 0.6 is 0 Å². The third-order valence-corrected chi connectivity index (χ3v) is 14.0. The van der Waals surface area contributed by atoms with Crippen molar-refractivity contribution >= 4 is 0 Å². The Morgan fingerprint density at radius 2 is 0.884 bits per heavy atom. The molecule has 0 spiro atoms. The summed E-state index contributed by atoms with van der Waals surface area (Å²) >= 11 is 0. The lowest BCUT2D eigenvalue weighted by molar-refractivity contribution is 0.248. The summed E-state index contributed by atoms with van der Waals surface area (Å²) < 4.78 is 13.4. The summed E-state index contributed by atoms with van der Waals surface area (Å²) in [5, 5.41) is 24.8. The molecule has 1 aliphatic carbocycles. The van der Waals surface area contributed by atoms with Gasteiger partial charge in [-0.2, -0.15) is 0 Å². The SMILES string of the molecule is Cc1cc(-c2cc(C(C)(C)C)cc(C(C)(C)C)c2)c(O)c(-c2cc(C(C)(C)C)ccc2OCCCOc2ccc(C(C)(C)C)cc2-c2cc(C)cc(C3C=C(C(C)(C)C)C=C(C(C)(C)C)C3)c2O)c1. The number of aromatic hydroxyl groups is 2. The normalized spacial score (nSPS) is 15.2. The van der Waals surface area contributed by atoms with E-state index < -0.39 is 0 Å². The minimum atomic E-state index is -0.117. The van der Waals surface area contributed by atoms with Gasteiger partial charge in [-0.05, 0) is 140 Å². The molecule has 0 saturated heterocycles. The molecule has 4 nitrogen and oxygen atoms in total. The summed E-state index contributed by atoms with van der Waals surface area (Å²) in [6, 6.07) is 28.1. The quantitative estimate of drug-likeness (QED) is 0.137. The Morgan fingerprint density at radius 1 is 0.449 bits per heavy atom. The predicted octanol–water partition coefficient (Wildman–Crippen LogP) is 18.2. The zero-order chi connectivity index (χ0) is 51.4. The highest BCUT2D eigenvalue weighted by Crippen LogP contribution is 2.50. The Labute approximate surface area is 418 Å². The predicted molar refractivity (Wildman–Crippen MR) is 295 cm³/mol. The Kier molecular flexibility index (Phi) is 14.8. The van der Waals surface area contributed by atoms with Crippen LogP contribution in [-0.4, -0.2) is 23.4 Å². The smallest absolute Gasteiger partial charge is 0.131 e. The van der Waals surface area contributed by atoms with Crippen LogP contribution in [0.5, 0.6) is 23.0 Å². The van der Waals surface area contributed by atoms with Gasteiger partial charge in [0.1, 0.15) is 23.0 Å². The maximum atomic E-state index is 12.4. The number of ether oxygens (including phenoxy) is 2. The van der Waals surface area contributed by atoms with Crippen LogP contribution in [-0.2, 0) is 21.7 Å². The Morgan fingerprint density at radius 3 is 1.32 bits per heavy atom. The molecule has 69 heavy (non-hydrogen) atoms. The Bertz CT molecular complexity index is 2720. The van der Waals surface area contributed by atoms with E-state index in [4.69, 9.17) is 9.47 Å². The second-order valence-corrected chi connectivity index (χ2v) is 26.3. The number of phenolic OH excluding ortho intramolecular Hbond substituents is 2. The van der Waals surface area contributed by atoms with Crippen molar-refractivity contribution in [1.29, 1.82) is 0 Å². The fraction of sp³-hybridized carbons (Fsp3) is 0.477. The molecule has 0 amide bonds. The average molecular weight is 931 g/mol. The summed E-state index contributed by atoms with van der Waals surface area (Å²) in [5.74, 6) is 2.06. The summed E-state index contributed by atoms with van der Waals surface area (Å²) in [4.78, 5) is 0. The summed E-state index contributed by atoms with van der Waals surface area (Å²) in [6.07, 6.45) is 6.26. The molecule has 2 N–H and O–H groups in total. The van der Waals surface area contributed by atoms with Gasteiger partial charge in [0.2, 0.25) is 0 Å². The maximum absolute atomic E-state index is 12.4. The van der Waals surface area contributed by atoms with Crippen LogP contribution in [0.4, 0.5) is 0 Å². The van der Waals surface area contributed by atoms with Gasteiger partial charge < -0.3 is 19.7 Å². The minimum Gasteiger partial charge on any atom is -0.507 e. The van der Waals surface area contributed by atoms with Crippen LogP contribution in [0.15, 0.2) is 102 Å². The van der Waals surface area contributed by atoms with Gasteiger partial charge in [0.25, 0.3) is 0 Å². The van der Waals surface area contributed by atoms with Crippen molar-refractivity contribution in [1.82, 2.24) is 0 Å². The average Bonchev–Trinajstić information content (AvgIpc) is 3.22. The largest absolute Gasteiger partial charge is 0.507 e. The van der Waals surface area contributed by atoms with Gasteiger partial charge in [0.15, 0.2) is 0 Å². The Balaban J connectivity index is 1.32. The molecule has 1 atom stereocenters. The van der Waals surface area contributed by atoms with Crippen molar-refractivity contribution in [3.8, 4) is 56.4 Å². The zero-order valence-electron chi connectivity index (χ0n) is 46.3. The molecular formula is C65H86O4. The maximum Gasteiger partial charge on any atom is 0.131 e. The molecule has 370 valence electrons. The van der Waals surface area contributed by atoms with Crippen LogP contribution in [0.2, 0.25) is 0 Å². The van der Waals surface area contributed by atoms with Crippen molar-refractivity contribution in [3.63, 3.8) is 0 Å². The first-order valence-corrected chi connectivity index (χ1v) is 25.5. The number of aryl methyl sites for hydroxylation is 2. The fourth-order valence-electron chi connectivity index (χ4n) is 9.23. The van der Waals surface area contributed by atoms with E-state index in [1.807, 2.05) is 0 Å². The van der Waals surface area contributed by atoms with E-state index in [0.717, 1.165) is 73.6 Å². The summed E-state index contributed by atoms with van der Waals surface area (Å²) in [5.41, 5.74) is 15.4. The second-order valence-electron chi connectivity index (χ2n) is 26.3. The van der Waals surface area contributed by atoms with Crippen LogP contribution in [0.1, 0.15) is 182 Å². The lowest BCUT2D eigenvalue weighted by Crippen LogP contribution is -2.20. The van der Waals surface area contributed by atoms with Gasteiger partial charge in [-0.25, -0.2) is 0 Å². The van der Waals surface area contributed by atoms with E-state index in [2.05, 4.69) is 229 Å². The Hall–Kier alpha value is -5.22. The molecule has 1 unspecified atom stereocenters. The van der Waals surface area contributed by atoms with E-state index in [1.165, 1.54) is 27.8 Å². The molecule has 5 aromatic carbocycles. The molecule has 1 aliphatic rings. The lowest BCUT2D eigenvalue weighted by Gasteiger charge is -2.34. The molecular weight excluding hydrogens is 845 g/mol. The van der Waals surface area contributed by atoms with Gasteiger partial charge in [-0.15, -0.1) is 0 Å². The van der Waals surface area contributed by atoms with Crippen LogP contribution in [0, 0.1) is 24.7 Å². The van der Waals surface area contributed by atoms with Crippen LogP contribution < -0.4 is 9.47 Å². The highest BCUT2D eigenvalue weighted by atomic mass is 16.5. The van der Waals surface area contributed by atoms with Gasteiger partial charge in [0, 0.05) is 45.7 Å². The molecule has 0 fully saturated rings. The number of benzene rings is 5. The second kappa shape index (κ2) is 19.2. The standard InChI is InChI=1S/C65H86O4/c1-40-28-50(42-32-46(62(9,10)11)36-47(33-42)63(12,13)14)58(66)54(30-40)52-38-44(60(3,4)5)22-24-56(52)68-26-21-27-69-57-25-23-45(61(6,7)8)39-53(57)55-31-41(2)29-51(59(55)67)43-34-48(64(15,16)17)37-49(35-43)65(18,19)20/h22-25,28-34,36-39,43,66-67H,21,26-27,35H2,1-20H3. The molecule has 5 aromatic rings. The molecule has 0 heterocycles. The third kappa shape index (κ3) is 12.4. The zero-order valence-corrected chi connectivity index (χ0v) is 46.3. The van der Waals surface area contributed by atoms with E-state index in [-0.39, 0.29) is 44.2 Å². The minimum absolute atomic E-state index is 0.0102. The highest BCUT2D eigenvalue weighted by molar-refractivity contribution is 5.86. The number of phenols is 2. The number of rotatable bonds is 10. The lowest BCUT2D eigenvalue weighted by atomic mass is 9.71. The van der Waals surface area contributed by atoms with Crippen molar-refractivity contribution in [2.75, 3.05) is 13.2 Å². The molecule has 0 aromatic heterocycles. The molecule has 6 rings (SSSR count). The van der Waals surface area contributed by atoms with E-state index >= 15 is 0 Å². The molecule has 0 bridgehead atoms. The topological polar surface area (TPSA) is 58.9 Å². The van der Waals surface area contributed by atoms with Crippen LogP contribution in [0.3, 0.4) is 0 Å². The van der Waals surface area contributed by atoms with E-state index in [1.54, 1.807) is 0 Å². The number of hydrogen-bond donors (Lipinski definition) is 2. The summed E-state index contributed by atoms with van der Waals surface area (Å²) in [6.45, 7) is 45.5. The van der Waals surface area contributed by atoms with Crippen LogP contribution in [0.25, 0.3) is 33.4 Å². The van der Waals surface area contributed by atoms with E-state index in [9.17, 15) is 10.2 Å². The molecule has 0 aliphatic heterocycles. The van der Waals surface area contributed by atoms with Gasteiger partial charge in [0.05, 0.1) is 13.2 Å². The highest BCUT2D eigenvalue weighted by Gasteiger charge is 2.31. The fourth-order valence-corrected chi connectivity index (χ4v) is 9.23. The first kappa shape index (κ1) is 53.1. The molecule has 4 heteroatoms. The van der Waals surface area contributed by atoms with Crippen molar-refractivity contribution in [2.45, 2.75) is 179 Å². The van der Waals surface area contributed by atoms with E-state index in [0.29, 0.717) is 25.4 Å². The summed E-state index contributed by atoms with van der Waals surface area (Å²) in [7, 11) is 0.